The van der Waals surface area contributed by atoms with E-state index in [0.717, 1.165) is 18.5 Å². The van der Waals surface area contributed by atoms with Gasteiger partial charge in [-0.2, -0.15) is 0 Å². The van der Waals surface area contributed by atoms with Gasteiger partial charge in [0.15, 0.2) is 0 Å². The number of nitrogens with zero attached hydrogens (tertiary/aromatic N) is 1. The SMILES string of the molecule is O=C(c1ccc(Cl)cc1F)N1CCCC1c1ccc[nH]1. The largest absolute Gasteiger partial charge is 0.363 e. The highest BCUT2D eigenvalue weighted by molar-refractivity contribution is 6.30. The molecule has 1 fully saturated rings. The molecule has 1 aliphatic heterocycles. The average Bonchev–Trinajstić information content (AvgIpc) is 3.09. The number of benzene rings is 1. The van der Waals surface area contributed by atoms with Gasteiger partial charge in [0.05, 0.1) is 11.6 Å². The minimum atomic E-state index is -0.570. The fourth-order valence-corrected chi connectivity index (χ4v) is 2.86. The van der Waals surface area contributed by atoms with Gasteiger partial charge >= 0.3 is 0 Å². The molecule has 1 aromatic heterocycles. The number of aromatic amines is 1. The molecule has 5 heteroatoms. The van der Waals surface area contributed by atoms with Gasteiger partial charge in [-0.3, -0.25) is 4.79 Å². The second-order valence-electron chi connectivity index (χ2n) is 4.91. The first-order valence-electron chi connectivity index (χ1n) is 6.56. The lowest BCUT2D eigenvalue weighted by Gasteiger charge is -2.24. The van der Waals surface area contributed by atoms with Crippen LogP contribution in [0.3, 0.4) is 0 Å². The lowest BCUT2D eigenvalue weighted by atomic mass is 10.1. The van der Waals surface area contributed by atoms with Gasteiger partial charge in [0.2, 0.25) is 0 Å². The summed E-state index contributed by atoms with van der Waals surface area (Å²) in [5, 5.41) is 0.293. The van der Waals surface area contributed by atoms with E-state index in [1.165, 1.54) is 18.2 Å². The van der Waals surface area contributed by atoms with Crippen molar-refractivity contribution >= 4 is 17.5 Å². The molecule has 0 radical (unpaired) electrons. The van der Waals surface area contributed by atoms with Crippen LogP contribution in [0.2, 0.25) is 5.02 Å². The maximum atomic E-state index is 13.9. The molecule has 3 rings (SSSR count). The number of amides is 1. The average molecular weight is 293 g/mol. The van der Waals surface area contributed by atoms with Gasteiger partial charge in [-0.05, 0) is 43.2 Å². The van der Waals surface area contributed by atoms with Gasteiger partial charge in [-0.15, -0.1) is 0 Å². The second-order valence-corrected chi connectivity index (χ2v) is 5.34. The Kier molecular flexibility index (Phi) is 3.49. The van der Waals surface area contributed by atoms with Crippen LogP contribution in [-0.2, 0) is 0 Å². The van der Waals surface area contributed by atoms with Crippen LogP contribution in [0, 0.1) is 5.82 Å². The van der Waals surface area contributed by atoms with Crippen LogP contribution in [0.5, 0.6) is 0 Å². The van der Waals surface area contributed by atoms with Crippen molar-refractivity contribution in [2.24, 2.45) is 0 Å². The quantitative estimate of drug-likeness (QED) is 0.898. The molecule has 1 amide bonds. The highest BCUT2D eigenvalue weighted by Crippen LogP contribution is 2.32. The van der Waals surface area contributed by atoms with E-state index in [2.05, 4.69) is 4.98 Å². The summed E-state index contributed by atoms with van der Waals surface area (Å²) >= 11 is 5.72. The Morgan fingerprint density at radius 1 is 1.40 bits per heavy atom. The van der Waals surface area contributed by atoms with Crippen molar-refractivity contribution in [1.82, 2.24) is 9.88 Å². The molecule has 0 bridgehead atoms. The molecule has 1 atom stereocenters. The van der Waals surface area contributed by atoms with Gasteiger partial charge < -0.3 is 9.88 Å². The Hall–Kier alpha value is -1.81. The number of likely N-dealkylation sites (tertiary alicyclic amines) is 1. The zero-order valence-electron chi connectivity index (χ0n) is 10.8. The first-order valence-corrected chi connectivity index (χ1v) is 6.94. The molecule has 104 valence electrons. The van der Waals surface area contributed by atoms with E-state index in [1.54, 1.807) is 4.90 Å². The Morgan fingerprint density at radius 2 is 2.25 bits per heavy atom. The summed E-state index contributed by atoms with van der Waals surface area (Å²) in [5.74, 6) is -0.851. The van der Waals surface area contributed by atoms with E-state index >= 15 is 0 Å². The Labute approximate surface area is 121 Å². The fraction of sp³-hybridized carbons (Fsp3) is 0.267. The molecule has 1 unspecified atom stereocenters. The third-order valence-corrected chi connectivity index (χ3v) is 3.89. The van der Waals surface area contributed by atoms with E-state index in [0.29, 0.717) is 11.6 Å². The van der Waals surface area contributed by atoms with Crippen LogP contribution in [0.1, 0.15) is 34.9 Å². The van der Waals surface area contributed by atoms with Crippen molar-refractivity contribution in [1.29, 1.82) is 0 Å². The molecular formula is C15H14ClFN2O. The standard InChI is InChI=1S/C15H14ClFN2O/c16-10-5-6-11(12(17)9-10)15(20)19-8-2-4-14(19)13-3-1-7-18-13/h1,3,5-7,9,14,18H,2,4,8H2. The fourth-order valence-electron chi connectivity index (χ4n) is 2.70. The minimum Gasteiger partial charge on any atom is -0.363 e. The van der Waals surface area contributed by atoms with E-state index in [4.69, 9.17) is 11.6 Å². The lowest BCUT2D eigenvalue weighted by molar-refractivity contribution is 0.0728. The van der Waals surface area contributed by atoms with Gasteiger partial charge in [0.1, 0.15) is 5.82 Å². The van der Waals surface area contributed by atoms with Crippen LogP contribution in [0.25, 0.3) is 0 Å². The molecule has 0 saturated carbocycles. The number of carbonyl (C=O) groups excluding carboxylic acids is 1. The first kappa shape index (κ1) is 13.2. The summed E-state index contributed by atoms with van der Waals surface area (Å²) in [7, 11) is 0. The Bertz CT molecular complexity index is 627. The highest BCUT2D eigenvalue weighted by atomic mass is 35.5. The summed E-state index contributed by atoms with van der Waals surface area (Å²) in [6, 6.07) is 8.01. The molecular weight excluding hydrogens is 279 g/mol. The van der Waals surface area contributed by atoms with Crippen LogP contribution in [0.4, 0.5) is 4.39 Å². The molecule has 20 heavy (non-hydrogen) atoms. The minimum absolute atomic E-state index is 0.00687. The number of hydrogen-bond acceptors (Lipinski definition) is 1. The van der Waals surface area contributed by atoms with Crippen molar-refractivity contribution in [3.63, 3.8) is 0 Å². The van der Waals surface area contributed by atoms with Crippen LogP contribution in [-0.4, -0.2) is 22.3 Å². The smallest absolute Gasteiger partial charge is 0.257 e. The third-order valence-electron chi connectivity index (χ3n) is 3.66. The predicted molar refractivity (Wildman–Crippen MR) is 75.2 cm³/mol. The van der Waals surface area contributed by atoms with Crippen molar-refractivity contribution in [3.05, 3.63) is 58.6 Å². The Morgan fingerprint density at radius 3 is 2.95 bits per heavy atom. The summed E-state index contributed by atoms with van der Waals surface area (Å²) < 4.78 is 13.9. The van der Waals surface area contributed by atoms with E-state index in [1.807, 2.05) is 18.3 Å². The lowest BCUT2D eigenvalue weighted by Crippen LogP contribution is -2.31. The molecule has 0 aliphatic carbocycles. The van der Waals surface area contributed by atoms with Crippen LogP contribution >= 0.6 is 11.6 Å². The number of nitrogens with one attached hydrogen (secondary N) is 1. The maximum Gasteiger partial charge on any atom is 0.257 e. The number of H-pyrrole nitrogens is 1. The third kappa shape index (κ3) is 2.31. The highest BCUT2D eigenvalue weighted by Gasteiger charge is 2.32. The van der Waals surface area contributed by atoms with Crippen LogP contribution < -0.4 is 0 Å². The monoisotopic (exact) mass is 292 g/mol. The zero-order chi connectivity index (χ0) is 14.1. The van der Waals surface area contributed by atoms with Gasteiger partial charge in [-0.1, -0.05) is 11.6 Å². The molecule has 1 N–H and O–H groups in total. The van der Waals surface area contributed by atoms with E-state index in [9.17, 15) is 9.18 Å². The first-order chi connectivity index (χ1) is 9.66. The van der Waals surface area contributed by atoms with Crippen molar-refractivity contribution in [3.8, 4) is 0 Å². The molecule has 1 aliphatic rings. The van der Waals surface area contributed by atoms with Crippen molar-refractivity contribution < 1.29 is 9.18 Å². The van der Waals surface area contributed by atoms with Gasteiger partial charge in [0.25, 0.3) is 5.91 Å². The van der Waals surface area contributed by atoms with Gasteiger partial charge in [-0.25, -0.2) is 4.39 Å². The normalized spacial score (nSPS) is 18.5. The predicted octanol–water partition coefficient (Wildman–Crippen LogP) is 3.78. The topological polar surface area (TPSA) is 36.1 Å². The van der Waals surface area contributed by atoms with Crippen molar-refractivity contribution in [2.45, 2.75) is 18.9 Å². The summed E-state index contributed by atoms with van der Waals surface area (Å²) in [6.45, 7) is 0.643. The number of halogens is 2. The maximum absolute atomic E-state index is 13.9. The number of hydrogen-bond donors (Lipinski definition) is 1. The second kappa shape index (κ2) is 5.29. The summed E-state index contributed by atoms with van der Waals surface area (Å²) in [6.07, 6.45) is 3.64. The van der Waals surface area contributed by atoms with Crippen LogP contribution in [0.15, 0.2) is 36.5 Å². The van der Waals surface area contributed by atoms with Gasteiger partial charge in [0, 0.05) is 23.5 Å². The molecule has 1 aromatic carbocycles. The molecule has 1 saturated heterocycles. The number of aromatic nitrogens is 1. The number of rotatable bonds is 2. The molecule has 3 nitrogen and oxygen atoms in total. The molecule has 0 spiro atoms. The summed E-state index contributed by atoms with van der Waals surface area (Å²) in [4.78, 5) is 17.4. The molecule has 2 heterocycles. The number of carbonyl (C=O) groups is 1. The Balaban J connectivity index is 1.89. The molecule has 2 aromatic rings. The summed E-state index contributed by atoms with van der Waals surface area (Å²) in [5.41, 5.74) is 1.07. The zero-order valence-corrected chi connectivity index (χ0v) is 11.5. The van der Waals surface area contributed by atoms with E-state index < -0.39 is 5.82 Å². The van der Waals surface area contributed by atoms with Crippen molar-refractivity contribution in [2.75, 3.05) is 6.54 Å². The van der Waals surface area contributed by atoms with E-state index in [-0.39, 0.29) is 17.5 Å².